The molecule has 10 nitrogen and oxygen atoms in total. The molecule has 0 atom stereocenters. The van der Waals surface area contributed by atoms with E-state index >= 15 is 0 Å². The van der Waals surface area contributed by atoms with E-state index in [4.69, 9.17) is 4.52 Å². The third-order valence-corrected chi connectivity index (χ3v) is 8.69. The van der Waals surface area contributed by atoms with Crippen LogP contribution in [-0.4, -0.2) is 67.0 Å². The van der Waals surface area contributed by atoms with Crippen LogP contribution in [0.2, 0.25) is 0 Å². The van der Waals surface area contributed by atoms with E-state index in [1.54, 1.807) is 6.07 Å². The molecule has 0 N–H and O–H groups in total. The van der Waals surface area contributed by atoms with E-state index in [1.807, 2.05) is 18.7 Å². The van der Waals surface area contributed by atoms with Crippen molar-refractivity contribution in [2.75, 3.05) is 44.2 Å². The van der Waals surface area contributed by atoms with Gasteiger partial charge in [-0.05, 0) is 44.7 Å². The summed E-state index contributed by atoms with van der Waals surface area (Å²) in [5.74, 6) is 1.30. The van der Waals surface area contributed by atoms with Crippen LogP contribution in [0.3, 0.4) is 0 Å². The Morgan fingerprint density at radius 1 is 1.12 bits per heavy atom. The molecule has 0 radical (unpaired) electrons. The Hall–Kier alpha value is -2.50. The molecule has 3 heterocycles. The largest absolute Gasteiger partial charge is 0.363 e. The highest BCUT2D eigenvalue weighted by Gasteiger charge is 2.31. The molecular formula is C22H31N5O5S. The number of rotatable bonds is 6. The van der Waals surface area contributed by atoms with Crippen LogP contribution in [0.15, 0.2) is 27.6 Å². The van der Waals surface area contributed by atoms with Gasteiger partial charge < -0.3 is 9.42 Å². The predicted octanol–water partition coefficient (Wildman–Crippen LogP) is 2.94. The number of benzene rings is 1. The van der Waals surface area contributed by atoms with Crippen LogP contribution in [0.5, 0.6) is 0 Å². The first-order valence-electron chi connectivity index (χ1n) is 11.3. The first kappa shape index (κ1) is 23.7. The molecule has 4 rings (SSSR count). The summed E-state index contributed by atoms with van der Waals surface area (Å²) in [4.78, 5) is 15.6. The molecule has 0 saturated carbocycles. The number of piperazine rings is 1. The van der Waals surface area contributed by atoms with Gasteiger partial charge >= 0.3 is 0 Å². The Morgan fingerprint density at radius 3 is 2.36 bits per heavy atom. The first-order valence-corrected chi connectivity index (χ1v) is 12.8. The van der Waals surface area contributed by atoms with Crippen molar-refractivity contribution in [2.24, 2.45) is 5.92 Å². The third-order valence-electron chi connectivity index (χ3n) is 6.80. The van der Waals surface area contributed by atoms with Gasteiger partial charge in [-0.15, -0.1) is 0 Å². The van der Waals surface area contributed by atoms with Crippen molar-refractivity contribution < 1.29 is 17.9 Å². The van der Waals surface area contributed by atoms with Gasteiger partial charge in [-0.2, -0.15) is 4.31 Å². The van der Waals surface area contributed by atoms with Crippen LogP contribution in [0.25, 0.3) is 0 Å². The summed E-state index contributed by atoms with van der Waals surface area (Å²) in [6.45, 7) is 10.2. The van der Waals surface area contributed by atoms with E-state index in [1.165, 1.54) is 16.4 Å². The fourth-order valence-corrected chi connectivity index (χ4v) is 6.04. The number of nitro benzene ring substituents is 1. The summed E-state index contributed by atoms with van der Waals surface area (Å²) in [6, 6.07) is 4.31. The highest BCUT2D eigenvalue weighted by Crippen LogP contribution is 2.33. The number of nitrogens with zero attached hydrogens (tertiary/aromatic N) is 5. The van der Waals surface area contributed by atoms with Gasteiger partial charge in [0.2, 0.25) is 10.0 Å². The average molecular weight is 478 g/mol. The average Bonchev–Trinajstić information content (AvgIpc) is 3.11. The molecule has 2 fully saturated rings. The maximum atomic E-state index is 13.1. The van der Waals surface area contributed by atoms with Crippen molar-refractivity contribution in [3.8, 4) is 0 Å². The molecular weight excluding hydrogens is 446 g/mol. The number of nitro groups is 1. The Kier molecular flexibility index (Phi) is 6.73. The molecule has 0 spiro atoms. The van der Waals surface area contributed by atoms with Gasteiger partial charge in [0.1, 0.15) is 11.4 Å². The van der Waals surface area contributed by atoms with Crippen molar-refractivity contribution in [3.63, 3.8) is 0 Å². The lowest BCUT2D eigenvalue weighted by Crippen LogP contribution is -2.46. The monoisotopic (exact) mass is 477 g/mol. The molecule has 11 heteroatoms. The minimum Gasteiger partial charge on any atom is -0.363 e. The van der Waals surface area contributed by atoms with E-state index in [-0.39, 0.29) is 10.6 Å². The smallest absolute Gasteiger partial charge is 0.293 e. The van der Waals surface area contributed by atoms with E-state index < -0.39 is 14.9 Å². The second kappa shape index (κ2) is 9.40. The van der Waals surface area contributed by atoms with E-state index in [0.29, 0.717) is 37.8 Å². The minimum atomic E-state index is -3.75. The zero-order chi connectivity index (χ0) is 23.8. The molecule has 33 heavy (non-hydrogen) atoms. The highest BCUT2D eigenvalue weighted by molar-refractivity contribution is 7.89. The van der Waals surface area contributed by atoms with E-state index in [9.17, 15) is 18.5 Å². The Balaban J connectivity index is 1.49. The second-order valence-corrected chi connectivity index (χ2v) is 11.0. The third kappa shape index (κ3) is 4.90. The van der Waals surface area contributed by atoms with Crippen molar-refractivity contribution in [1.82, 2.24) is 14.4 Å². The van der Waals surface area contributed by atoms with Gasteiger partial charge in [0.25, 0.3) is 5.69 Å². The molecule has 2 aromatic rings. The van der Waals surface area contributed by atoms with Gasteiger partial charge in [-0.3, -0.25) is 15.0 Å². The van der Waals surface area contributed by atoms with Crippen LogP contribution in [0.1, 0.15) is 36.8 Å². The van der Waals surface area contributed by atoms with Crippen LogP contribution in [0.4, 0.5) is 11.4 Å². The van der Waals surface area contributed by atoms with E-state index in [0.717, 1.165) is 49.5 Å². The number of sulfonamides is 1. The van der Waals surface area contributed by atoms with E-state index in [2.05, 4.69) is 17.0 Å². The molecule has 0 amide bonds. The summed E-state index contributed by atoms with van der Waals surface area (Å²) >= 11 is 0. The highest BCUT2D eigenvalue weighted by atomic mass is 32.2. The van der Waals surface area contributed by atoms with Crippen LogP contribution < -0.4 is 4.90 Å². The number of piperidine rings is 1. The maximum absolute atomic E-state index is 13.1. The zero-order valence-corrected chi connectivity index (χ0v) is 20.2. The van der Waals surface area contributed by atoms with Gasteiger partial charge in [0.15, 0.2) is 0 Å². The maximum Gasteiger partial charge on any atom is 0.293 e. The predicted molar refractivity (Wildman–Crippen MR) is 124 cm³/mol. The summed E-state index contributed by atoms with van der Waals surface area (Å²) in [7, 11) is -3.75. The van der Waals surface area contributed by atoms with Crippen molar-refractivity contribution in [2.45, 2.75) is 45.1 Å². The minimum absolute atomic E-state index is 0.00968. The SMILES string of the molecule is Cc1noc(C)c1CN1CCN(c2ccc(S(=O)(=O)N3CCC(C)CC3)cc2[N+](=O)[O-])CC1. The molecule has 1 aromatic carbocycles. The lowest BCUT2D eigenvalue weighted by Gasteiger charge is -2.36. The summed E-state index contributed by atoms with van der Waals surface area (Å²) in [5, 5.41) is 15.9. The summed E-state index contributed by atoms with van der Waals surface area (Å²) in [5.41, 5.74) is 2.26. The number of aromatic nitrogens is 1. The molecule has 2 saturated heterocycles. The Labute approximate surface area is 194 Å². The van der Waals surface area contributed by atoms with Crippen LogP contribution in [-0.2, 0) is 16.6 Å². The zero-order valence-electron chi connectivity index (χ0n) is 19.4. The lowest BCUT2D eigenvalue weighted by atomic mass is 10.0. The molecule has 0 unspecified atom stereocenters. The van der Waals surface area contributed by atoms with Gasteiger partial charge in [-0.1, -0.05) is 12.1 Å². The fourth-order valence-electron chi connectivity index (χ4n) is 4.55. The molecule has 0 bridgehead atoms. The second-order valence-electron chi connectivity index (χ2n) is 9.06. The number of anilines is 1. The van der Waals surface area contributed by atoms with Gasteiger partial charge in [-0.25, -0.2) is 8.42 Å². The molecule has 0 aliphatic carbocycles. The topological polar surface area (TPSA) is 113 Å². The molecule has 2 aliphatic heterocycles. The lowest BCUT2D eigenvalue weighted by molar-refractivity contribution is -0.384. The van der Waals surface area contributed by atoms with Crippen LogP contribution in [0, 0.1) is 29.9 Å². The summed E-state index contributed by atoms with van der Waals surface area (Å²) in [6.07, 6.45) is 1.61. The number of hydrogen-bond donors (Lipinski definition) is 0. The number of hydrogen-bond acceptors (Lipinski definition) is 8. The van der Waals surface area contributed by atoms with Crippen molar-refractivity contribution in [1.29, 1.82) is 0 Å². The fraction of sp³-hybridized carbons (Fsp3) is 0.591. The summed E-state index contributed by atoms with van der Waals surface area (Å²) < 4.78 is 32.8. The Bertz CT molecular complexity index is 1100. The standard InChI is InChI=1S/C22H31N5O5S/c1-16-6-8-26(9-7-16)33(30,31)19-4-5-21(22(14-19)27(28)29)25-12-10-24(11-13-25)15-20-17(2)23-32-18(20)3/h4-5,14,16H,6-13,15H2,1-3H3. The molecule has 2 aliphatic rings. The van der Waals surface area contributed by atoms with Crippen molar-refractivity contribution >= 4 is 21.4 Å². The molecule has 1 aromatic heterocycles. The number of aryl methyl sites for hydroxylation is 2. The van der Waals surface area contributed by atoms with Crippen LogP contribution >= 0.6 is 0 Å². The normalized spacial score (nSPS) is 19.2. The van der Waals surface area contributed by atoms with Gasteiger partial charge in [0.05, 0.1) is 15.5 Å². The Morgan fingerprint density at radius 2 is 1.79 bits per heavy atom. The molecule has 180 valence electrons. The quantitative estimate of drug-likeness (QED) is 0.461. The van der Waals surface area contributed by atoms with Crippen molar-refractivity contribution in [3.05, 3.63) is 45.3 Å². The first-order chi connectivity index (χ1) is 15.7. The van der Waals surface area contributed by atoms with Gasteiger partial charge in [0, 0.05) is 57.4 Å².